The zero-order valence-corrected chi connectivity index (χ0v) is 15.0. The van der Waals surface area contributed by atoms with E-state index in [1.807, 2.05) is 0 Å². The summed E-state index contributed by atoms with van der Waals surface area (Å²) in [6, 6.07) is 1.71. The van der Waals surface area contributed by atoms with Crippen LogP contribution in [0.2, 0.25) is 5.28 Å². The predicted octanol–water partition coefficient (Wildman–Crippen LogP) is 1.26. The van der Waals surface area contributed by atoms with Gasteiger partial charge in [0.2, 0.25) is 5.28 Å². The maximum atomic E-state index is 13.1. The van der Waals surface area contributed by atoms with Gasteiger partial charge >= 0.3 is 5.69 Å². The van der Waals surface area contributed by atoms with E-state index in [1.54, 1.807) is 17.6 Å². The van der Waals surface area contributed by atoms with Crippen molar-refractivity contribution in [3.63, 3.8) is 0 Å². The van der Waals surface area contributed by atoms with E-state index < -0.39 is 0 Å². The van der Waals surface area contributed by atoms with Gasteiger partial charge in [0, 0.05) is 32.2 Å². The molecule has 8 nitrogen and oxygen atoms in total. The van der Waals surface area contributed by atoms with E-state index in [4.69, 9.17) is 16.0 Å². The molecule has 9 heteroatoms. The lowest BCUT2D eigenvalue weighted by molar-refractivity contribution is 0.565. The summed E-state index contributed by atoms with van der Waals surface area (Å²) in [6.07, 6.45) is 3.01. The van der Waals surface area contributed by atoms with Crippen LogP contribution in [0.1, 0.15) is 6.92 Å². The molecule has 0 atom stereocenters. The molecule has 1 aliphatic rings. The first kappa shape index (κ1) is 16.7. The van der Waals surface area contributed by atoms with Gasteiger partial charge in [0.05, 0.1) is 18.5 Å². The molecule has 134 valence electrons. The molecule has 3 aromatic heterocycles. The second-order valence-electron chi connectivity index (χ2n) is 5.84. The van der Waals surface area contributed by atoms with Gasteiger partial charge in [-0.25, -0.2) is 9.36 Å². The first-order chi connectivity index (χ1) is 12.7. The fourth-order valence-corrected chi connectivity index (χ4v) is 3.29. The number of rotatable bonds is 3. The molecule has 0 unspecified atom stereocenters. The number of nitrogens with one attached hydrogen (secondary N) is 1. The van der Waals surface area contributed by atoms with Gasteiger partial charge in [-0.1, -0.05) is 5.92 Å². The number of halogens is 1. The predicted molar refractivity (Wildman–Crippen MR) is 98.9 cm³/mol. The molecule has 0 aromatic carbocycles. The second-order valence-corrected chi connectivity index (χ2v) is 6.18. The number of imidazole rings is 1. The second kappa shape index (κ2) is 6.86. The lowest BCUT2D eigenvalue weighted by Crippen LogP contribution is -2.44. The van der Waals surface area contributed by atoms with Crippen molar-refractivity contribution in [1.29, 1.82) is 0 Å². The summed E-state index contributed by atoms with van der Waals surface area (Å²) in [7, 11) is 0. The Balaban J connectivity index is 2.04. The van der Waals surface area contributed by atoms with Crippen molar-refractivity contribution in [3.05, 3.63) is 34.4 Å². The highest BCUT2D eigenvalue weighted by atomic mass is 35.5. The summed E-state index contributed by atoms with van der Waals surface area (Å²) >= 11 is 6.20. The highest BCUT2D eigenvalue weighted by molar-refractivity contribution is 6.28. The molecule has 26 heavy (non-hydrogen) atoms. The summed E-state index contributed by atoms with van der Waals surface area (Å²) < 4.78 is 8.22. The molecule has 1 N–H and O–H groups in total. The topological polar surface area (TPSA) is 81.1 Å². The van der Waals surface area contributed by atoms with Crippen molar-refractivity contribution in [2.75, 3.05) is 31.1 Å². The SMILES string of the molecule is CC#CCn1c(=O)n(-c2ccoc2)c2nc(Cl)nc(N3CCNCC3)c21. The average molecular weight is 373 g/mol. The Bertz CT molecular complexity index is 1050. The van der Waals surface area contributed by atoms with Crippen LogP contribution in [0.5, 0.6) is 0 Å². The number of aromatic nitrogens is 4. The first-order valence-electron chi connectivity index (χ1n) is 8.27. The molecule has 0 bridgehead atoms. The lowest BCUT2D eigenvalue weighted by Gasteiger charge is -2.28. The highest BCUT2D eigenvalue weighted by Gasteiger charge is 2.25. The van der Waals surface area contributed by atoms with E-state index in [-0.39, 0.29) is 17.5 Å². The maximum Gasteiger partial charge on any atom is 0.336 e. The standard InChI is InChI=1S/C17H17ClN6O2/c1-2-3-7-23-13-14(22-8-5-19-6-9-22)20-16(18)21-15(13)24(17(23)25)12-4-10-26-11-12/h4,10-11,19H,5-9H2,1H3. The van der Waals surface area contributed by atoms with E-state index in [2.05, 4.69) is 32.0 Å². The Morgan fingerprint density at radius 2 is 2.15 bits per heavy atom. The van der Waals surface area contributed by atoms with Gasteiger partial charge in [-0.3, -0.25) is 4.57 Å². The third-order valence-electron chi connectivity index (χ3n) is 4.32. The Morgan fingerprint density at radius 1 is 1.35 bits per heavy atom. The number of nitrogens with zero attached hydrogens (tertiary/aromatic N) is 5. The quantitative estimate of drug-likeness (QED) is 0.550. The van der Waals surface area contributed by atoms with Crippen LogP contribution in [-0.2, 0) is 6.54 Å². The summed E-state index contributed by atoms with van der Waals surface area (Å²) in [5.74, 6) is 6.44. The zero-order valence-electron chi connectivity index (χ0n) is 14.2. The van der Waals surface area contributed by atoms with Gasteiger partial charge in [-0.05, 0) is 18.5 Å². The van der Waals surface area contributed by atoms with Gasteiger partial charge in [0.25, 0.3) is 0 Å². The van der Waals surface area contributed by atoms with Gasteiger partial charge in [0.15, 0.2) is 11.5 Å². The van der Waals surface area contributed by atoms with E-state index in [0.29, 0.717) is 22.7 Å². The number of hydrogen-bond acceptors (Lipinski definition) is 6. The fraction of sp³-hybridized carbons (Fsp3) is 0.353. The third-order valence-corrected chi connectivity index (χ3v) is 4.49. The lowest BCUT2D eigenvalue weighted by atomic mass is 10.3. The van der Waals surface area contributed by atoms with Crippen molar-refractivity contribution < 1.29 is 4.42 Å². The van der Waals surface area contributed by atoms with Crippen molar-refractivity contribution in [2.24, 2.45) is 0 Å². The minimum absolute atomic E-state index is 0.0991. The van der Waals surface area contributed by atoms with Crippen LogP contribution in [0.3, 0.4) is 0 Å². The highest BCUT2D eigenvalue weighted by Crippen LogP contribution is 2.27. The van der Waals surface area contributed by atoms with Crippen molar-refractivity contribution in [2.45, 2.75) is 13.5 Å². The number of furan rings is 1. The third kappa shape index (κ3) is 2.75. The molecule has 4 rings (SSSR count). The molecule has 1 saturated heterocycles. The molecule has 0 radical (unpaired) electrons. The Morgan fingerprint density at radius 3 is 2.85 bits per heavy atom. The number of anilines is 1. The van der Waals surface area contributed by atoms with Gasteiger partial charge in [0.1, 0.15) is 11.8 Å². The van der Waals surface area contributed by atoms with Crippen molar-refractivity contribution in [3.8, 4) is 17.5 Å². The number of hydrogen-bond donors (Lipinski definition) is 1. The first-order valence-corrected chi connectivity index (χ1v) is 8.65. The maximum absolute atomic E-state index is 13.1. The van der Waals surface area contributed by atoms with Crippen LogP contribution in [0, 0.1) is 11.8 Å². The van der Waals surface area contributed by atoms with E-state index in [1.165, 1.54) is 17.1 Å². The summed E-state index contributed by atoms with van der Waals surface area (Å²) in [5.41, 5.74) is 1.41. The average Bonchev–Trinajstić information content (AvgIpc) is 3.26. The van der Waals surface area contributed by atoms with Crippen LogP contribution in [0.4, 0.5) is 5.82 Å². The molecule has 0 amide bonds. The molecule has 1 aliphatic heterocycles. The Hall–Kier alpha value is -2.76. The Kier molecular flexibility index (Phi) is 4.41. The smallest absolute Gasteiger partial charge is 0.336 e. The molecule has 4 heterocycles. The summed E-state index contributed by atoms with van der Waals surface area (Å²) in [5, 5.41) is 3.41. The van der Waals surface area contributed by atoms with E-state index in [0.717, 1.165) is 26.2 Å². The minimum Gasteiger partial charge on any atom is -0.470 e. The van der Waals surface area contributed by atoms with Crippen molar-refractivity contribution >= 4 is 28.6 Å². The molecular formula is C17H17ClN6O2. The van der Waals surface area contributed by atoms with E-state index in [9.17, 15) is 4.79 Å². The van der Waals surface area contributed by atoms with Crippen LogP contribution in [0.25, 0.3) is 16.9 Å². The molecule has 0 spiro atoms. The monoisotopic (exact) mass is 372 g/mol. The molecule has 0 aliphatic carbocycles. The normalized spacial score (nSPS) is 14.5. The fourth-order valence-electron chi connectivity index (χ4n) is 3.13. The molecule has 1 fully saturated rings. The van der Waals surface area contributed by atoms with E-state index >= 15 is 0 Å². The van der Waals surface area contributed by atoms with Crippen LogP contribution < -0.4 is 15.9 Å². The van der Waals surface area contributed by atoms with Crippen LogP contribution >= 0.6 is 11.6 Å². The van der Waals surface area contributed by atoms with Crippen LogP contribution in [0.15, 0.2) is 27.8 Å². The minimum atomic E-state index is -0.253. The van der Waals surface area contributed by atoms with Gasteiger partial charge in [-0.2, -0.15) is 9.97 Å². The van der Waals surface area contributed by atoms with Crippen molar-refractivity contribution in [1.82, 2.24) is 24.4 Å². The van der Waals surface area contributed by atoms with Gasteiger partial charge in [-0.15, -0.1) is 5.92 Å². The summed E-state index contributed by atoms with van der Waals surface area (Å²) in [4.78, 5) is 24.0. The molecule has 3 aromatic rings. The van der Waals surface area contributed by atoms with Crippen LogP contribution in [-0.4, -0.2) is 45.3 Å². The number of fused-ring (bicyclic) bond motifs is 1. The Labute approximate surface area is 154 Å². The summed E-state index contributed by atoms with van der Waals surface area (Å²) in [6.45, 7) is 5.21. The number of piperazine rings is 1. The zero-order chi connectivity index (χ0) is 18.1. The molecule has 0 saturated carbocycles. The molecular weight excluding hydrogens is 356 g/mol. The largest absolute Gasteiger partial charge is 0.470 e. The van der Waals surface area contributed by atoms with Gasteiger partial charge < -0.3 is 14.6 Å².